The van der Waals surface area contributed by atoms with Crippen molar-refractivity contribution < 1.29 is 9.53 Å². The number of aliphatic imine (C=N–C) groups is 1. The number of ether oxygens (including phenoxy) is 1. The van der Waals surface area contributed by atoms with Gasteiger partial charge in [-0.15, -0.1) is 0 Å². The summed E-state index contributed by atoms with van der Waals surface area (Å²) in [6, 6.07) is 22.9. The molecule has 0 fully saturated rings. The van der Waals surface area contributed by atoms with Crippen molar-refractivity contribution in [3.8, 4) is 5.75 Å². The lowest BCUT2D eigenvalue weighted by atomic mass is 9.86. The zero-order chi connectivity index (χ0) is 25.3. The first-order valence-electron chi connectivity index (χ1n) is 11.8. The third-order valence-electron chi connectivity index (χ3n) is 6.06. The molecule has 36 heavy (non-hydrogen) atoms. The van der Waals surface area contributed by atoms with Gasteiger partial charge >= 0.3 is 0 Å². The number of rotatable bonds is 6. The van der Waals surface area contributed by atoms with Crippen LogP contribution in [0.2, 0.25) is 0 Å². The van der Waals surface area contributed by atoms with E-state index >= 15 is 0 Å². The van der Waals surface area contributed by atoms with Gasteiger partial charge in [-0.05, 0) is 52.9 Å². The number of para-hydroxylation sites is 2. The molecule has 2 aromatic heterocycles. The monoisotopic (exact) mass is 477 g/mol. The van der Waals surface area contributed by atoms with Crippen LogP contribution in [-0.2, 0) is 5.41 Å². The van der Waals surface area contributed by atoms with Crippen molar-refractivity contribution in [3.05, 3.63) is 89.5 Å². The molecule has 0 atom stereocenters. The Kier molecular flexibility index (Phi) is 6.06. The van der Waals surface area contributed by atoms with Gasteiger partial charge in [0.15, 0.2) is 17.1 Å². The van der Waals surface area contributed by atoms with Gasteiger partial charge in [-0.25, -0.2) is 15.0 Å². The van der Waals surface area contributed by atoms with Crippen molar-refractivity contribution in [1.82, 2.24) is 19.9 Å². The minimum Gasteiger partial charge on any atom is -0.497 e. The van der Waals surface area contributed by atoms with E-state index in [0.717, 1.165) is 16.6 Å². The minimum atomic E-state index is -0.0469. The molecule has 0 saturated carbocycles. The van der Waals surface area contributed by atoms with E-state index in [1.807, 2.05) is 36.4 Å². The average Bonchev–Trinajstić information content (AvgIpc) is 3.27. The molecule has 5 rings (SSSR count). The Labute approximate surface area is 209 Å². The van der Waals surface area contributed by atoms with Crippen molar-refractivity contribution in [2.75, 3.05) is 7.11 Å². The fourth-order valence-electron chi connectivity index (χ4n) is 3.97. The molecular weight excluding hydrogens is 450 g/mol. The number of benzene rings is 3. The van der Waals surface area contributed by atoms with Crippen molar-refractivity contribution in [2.45, 2.75) is 32.6 Å². The molecule has 3 aromatic carbocycles. The molecule has 0 aliphatic rings. The predicted molar refractivity (Wildman–Crippen MR) is 142 cm³/mol. The van der Waals surface area contributed by atoms with Crippen LogP contribution in [0.4, 0.5) is 5.95 Å². The Hall–Kier alpha value is -4.39. The fraction of sp³-hybridized carbons (Fsp3) is 0.207. The summed E-state index contributed by atoms with van der Waals surface area (Å²) in [5.41, 5.74) is 5.86. The maximum Gasteiger partial charge on any atom is 0.230 e. The van der Waals surface area contributed by atoms with Crippen LogP contribution in [0.3, 0.4) is 0 Å². The molecule has 0 bridgehead atoms. The largest absolute Gasteiger partial charge is 0.497 e. The molecular formula is C29H27N5O2. The summed E-state index contributed by atoms with van der Waals surface area (Å²) in [6.45, 7) is 6.51. The van der Waals surface area contributed by atoms with Crippen molar-refractivity contribution >= 4 is 39.8 Å². The molecule has 0 unspecified atom stereocenters. The summed E-state index contributed by atoms with van der Waals surface area (Å²) in [5, 5.41) is 0. The van der Waals surface area contributed by atoms with Crippen LogP contribution in [0.1, 0.15) is 48.7 Å². The molecule has 0 aliphatic carbocycles. The first kappa shape index (κ1) is 23.4. The Balaban J connectivity index is 1.54. The number of Topliss-reactive ketones (excluding diaryl/α,β-unsaturated/α-hetero) is 1. The average molecular weight is 478 g/mol. The molecule has 0 aliphatic heterocycles. The van der Waals surface area contributed by atoms with Crippen LogP contribution in [0.25, 0.3) is 22.3 Å². The smallest absolute Gasteiger partial charge is 0.230 e. The maximum absolute atomic E-state index is 13.2. The summed E-state index contributed by atoms with van der Waals surface area (Å²) in [6.07, 6.45) is 0.112. The molecule has 0 spiro atoms. The Morgan fingerprint density at radius 2 is 1.50 bits per heavy atom. The number of aromatic amines is 1. The van der Waals surface area contributed by atoms with Gasteiger partial charge in [0.25, 0.3) is 0 Å². The number of H-pyrrole nitrogens is 1. The van der Waals surface area contributed by atoms with E-state index in [9.17, 15) is 4.79 Å². The second kappa shape index (κ2) is 9.34. The van der Waals surface area contributed by atoms with Gasteiger partial charge in [-0.1, -0.05) is 57.2 Å². The first-order valence-corrected chi connectivity index (χ1v) is 11.8. The lowest BCUT2D eigenvalue weighted by Crippen LogP contribution is -2.13. The normalized spacial score (nSPS) is 12.3. The van der Waals surface area contributed by atoms with Gasteiger partial charge < -0.3 is 9.72 Å². The first-order chi connectivity index (χ1) is 17.3. The molecule has 0 saturated heterocycles. The summed E-state index contributed by atoms with van der Waals surface area (Å²) >= 11 is 0. The number of nitrogens with zero attached hydrogens (tertiary/aromatic N) is 4. The number of carbonyl (C=O) groups excluding carboxylic acids is 1. The van der Waals surface area contributed by atoms with Crippen LogP contribution in [0.5, 0.6) is 5.75 Å². The van der Waals surface area contributed by atoms with E-state index in [-0.39, 0.29) is 17.6 Å². The fourth-order valence-corrected chi connectivity index (χ4v) is 3.97. The van der Waals surface area contributed by atoms with E-state index in [2.05, 4.69) is 52.8 Å². The molecule has 0 radical (unpaired) electrons. The number of aromatic nitrogens is 4. The highest BCUT2D eigenvalue weighted by molar-refractivity contribution is 6.16. The van der Waals surface area contributed by atoms with Crippen molar-refractivity contribution in [3.63, 3.8) is 0 Å². The zero-order valence-corrected chi connectivity index (χ0v) is 20.7. The van der Waals surface area contributed by atoms with Gasteiger partial charge in [-0.2, -0.15) is 4.98 Å². The summed E-state index contributed by atoms with van der Waals surface area (Å²) in [4.78, 5) is 34.9. The third kappa shape index (κ3) is 4.86. The molecule has 1 N–H and O–H groups in total. The van der Waals surface area contributed by atoms with E-state index in [0.29, 0.717) is 34.3 Å². The van der Waals surface area contributed by atoms with Crippen LogP contribution in [0, 0.1) is 0 Å². The topological polar surface area (TPSA) is 93.1 Å². The highest BCUT2D eigenvalue weighted by Gasteiger charge is 2.17. The molecule has 0 amide bonds. The number of hydrogen-bond donors (Lipinski definition) is 1. The van der Waals surface area contributed by atoms with Gasteiger partial charge in [0.1, 0.15) is 5.75 Å². The van der Waals surface area contributed by atoms with Gasteiger partial charge in [-0.3, -0.25) is 4.79 Å². The van der Waals surface area contributed by atoms with Crippen molar-refractivity contribution in [2.24, 2.45) is 4.99 Å². The number of fused-ring (bicyclic) bond motifs is 2. The number of hydrogen-bond acceptors (Lipinski definition) is 6. The molecule has 5 aromatic rings. The number of nitrogens with one attached hydrogen (secondary N) is 1. The number of ketones is 1. The second-order valence-corrected chi connectivity index (χ2v) is 9.66. The summed E-state index contributed by atoms with van der Waals surface area (Å²) < 4.78 is 5.21. The molecule has 2 heterocycles. The van der Waals surface area contributed by atoms with E-state index in [1.54, 1.807) is 31.4 Å². The molecule has 180 valence electrons. The Morgan fingerprint density at radius 1 is 0.861 bits per heavy atom. The van der Waals surface area contributed by atoms with Crippen LogP contribution in [0.15, 0.2) is 77.8 Å². The number of methoxy groups -OCH3 is 1. The lowest BCUT2D eigenvalue weighted by Gasteiger charge is -2.19. The van der Waals surface area contributed by atoms with E-state index in [4.69, 9.17) is 9.73 Å². The SMILES string of the molecule is COc1ccc(C(=O)C/C(=N/c2nc3nc4ccccc4nc3[nH]2)c2ccc(C(C)(C)C)cc2)cc1. The highest BCUT2D eigenvalue weighted by atomic mass is 16.5. The standard InChI is InChI=1S/C29H27N5O2/c1-29(2,3)20-13-9-18(10-14-20)24(17-25(35)19-11-15-21(36-4)16-12-19)32-28-33-26-27(34-28)31-23-8-6-5-7-22(23)30-26/h5-16H,17H2,1-4H3,(H,30,31,33,34)/b32-24-. The van der Waals surface area contributed by atoms with Crippen LogP contribution < -0.4 is 4.74 Å². The van der Waals surface area contributed by atoms with Gasteiger partial charge in [0.05, 0.1) is 30.3 Å². The van der Waals surface area contributed by atoms with Gasteiger partial charge in [0, 0.05) is 5.56 Å². The third-order valence-corrected chi connectivity index (χ3v) is 6.06. The maximum atomic E-state index is 13.2. The Morgan fingerprint density at radius 3 is 2.14 bits per heavy atom. The van der Waals surface area contributed by atoms with Crippen LogP contribution in [-0.4, -0.2) is 38.5 Å². The summed E-state index contributed by atoms with van der Waals surface area (Å²) in [7, 11) is 1.60. The second-order valence-electron chi connectivity index (χ2n) is 9.66. The Bertz CT molecular complexity index is 1520. The highest BCUT2D eigenvalue weighted by Crippen LogP contribution is 2.24. The van der Waals surface area contributed by atoms with Crippen LogP contribution >= 0.6 is 0 Å². The molecule has 7 nitrogen and oxygen atoms in total. The number of carbonyl (C=O) groups is 1. The van der Waals surface area contributed by atoms with Gasteiger partial charge in [0.2, 0.25) is 5.95 Å². The molecule has 7 heteroatoms. The van der Waals surface area contributed by atoms with E-state index in [1.165, 1.54) is 5.56 Å². The predicted octanol–water partition coefficient (Wildman–Crippen LogP) is 6.21. The van der Waals surface area contributed by atoms with E-state index < -0.39 is 0 Å². The lowest BCUT2D eigenvalue weighted by molar-refractivity contribution is 0.100. The summed E-state index contributed by atoms with van der Waals surface area (Å²) in [5.74, 6) is 1.01. The zero-order valence-electron chi connectivity index (χ0n) is 20.7. The number of imidazole rings is 1. The van der Waals surface area contributed by atoms with Crippen molar-refractivity contribution in [1.29, 1.82) is 0 Å². The quantitative estimate of drug-likeness (QED) is 0.232. The minimum absolute atomic E-state index is 0.0207.